The lowest BCUT2D eigenvalue weighted by atomic mass is 10.0. The normalized spacial score (nSPS) is 15.6. The van der Waals surface area contributed by atoms with Gasteiger partial charge in [-0.05, 0) is 12.1 Å². The largest absolute Gasteiger partial charge is 0.507 e. The molecule has 3 aromatic rings. The third-order valence-electron chi connectivity index (χ3n) is 4.79. The lowest BCUT2D eigenvalue weighted by Gasteiger charge is -2.32. The average molecular weight is 356 g/mol. The van der Waals surface area contributed by atoms with Crippen LogP contribution in [0.3, 0.4) is 0 Å². The number of nitrogens with one attached hydrogen (secondary N) is 1. The third-order valence-corrected chi connectivity index (χ3v) is 5.10. The molecule has 5 nitrogen and oxygen atoms in total. The van der Waals surface area contributed by atoms with Gasteiger partial charge in [0.15, 0.2) is 0 Å². The second kappa shape index (κ2) is 6.86. The number of piperazine rings is 1. The minimum Gasteiger partial charge on any atom is -0.507 e. The fraction of sp³-hybridized carbons (Fsp3) is 0.263. The van der Waals surface area contributed by atoms with Gasteiger partial charge in [-0.2, -0.15) is 0 Å². The number of halogens is 1. The minimum absolute atomic E-state index is 0.348. The summed E-state index contributed by atoms with van der Waals surface area (Å²) in [5.74, 6) is 1.14. The van der Waals surface area contributed by atoms with Gasteiger partial charge in [-0.1, -0.05) is 35.9 Å². The van der Waals surface area contributed by atoms with Crippen molar-refractivity contribution in [3.05, 3.63) is 59.4 Å². The van der Waals surface area contributed by atoms with Crippen molar-refractivity contribution in [3.8, 4) is 5.75 Å². The molecule has 1 aromatic heterocycles. The molecule has 0 amide bonds. The number of anilines is 1. The molecule has 2 N–H and O–H groups in total. The quantitative estimate of drug-likeness (QED) is 0.753. The number of hydrogen-bond donors (Lipinski definition) is 2. The first-order valence-corrected chi connectivity index (χ1v) is 8.85. The van der Waals surface area contributed by atoms with Crippen molar-refractivity contribution in [2.24, 2.45) is 0 Å². The van der Waals surface area contributed by atoms with Crippen molar-refractivity contribution < 1.29 is 10.0 Å². The van der Waals surface area contributed by atoms with E-state index in [9.17, 15) is 5.11 Å². The van der Waals surface area contributed by atoms with Crippen LogP contribution in [0.5, 0.6) is 5.75 Å². The van der Waals surface area contributed by atoms with Crippen LogP contribution < -0.4 is 9.80 Å². The van der Waals surface area contributed by atoms with Crippen LogP contribution in [-0.4, -0.2) is 41.3 Å². The third kappa shape index (κ3) is 3.25. The first-order valence-electron chi connectivity index (χ1n) is 8.47. The predicted molar refractivity (Wildman–Crippen MR) is 99.3 cm³/mol. The highest BCUT2D eigenvalue weighted by atomic mass is 35.5. The maximum atomic E-state index is 10.6. The number of phenols is 1. The molecule has 4 rings (SSSR count). The van der Waals surface area contributed by atoms with Gasteiger partial charge in [0.1, 0.15) is 12.3 Å². The Morgan fingerprint density at radius 3 is 2.44 bits per heavy atom. The molecule has 1 aliphatic rings. The van der Waals surface area contributed by atoms with Crippen LogP contribution in [0, 0.1) is 0 Å². The molecule has 128 valence electrons. The van der Waals surface area contributed by atoms with Crippen molar-refractivity contribution in [2.75, 3.05) is 31.1 Å². The van der Waals surface area contributed by atoms with Crippen LogP contribution in [-0.2, 0) is 6.54 Å². The fourth-order valence-corrected chi connectivity index (χ4v) is 3.72. The second-order valence-corrected chi connectivity index (χ2v) is 6.78. The number of quaternary nitrogens is 1. The Morgan fingerprint density at radius 2 is 1.72 bits per heavy atom. The van der Waals surface area contributed by atoms with Gasteiger partial charge < -0.3 is 14.9 Å². The van der Waals surface area contributed by atoms with Crippen molar-refractivity contribution in [2.45, 2.75) is 6.54 Å². The van der Waals surface area contributed by atoms with E-state index in [0.717, 1.165) is 55.0 Å². The average Bonchev–Trinajstić information content (AvgIpc) is 2.67. The van der Waals surface area contributed by atoms with E-state index in [1.807, 2.05) is 36.4 Å². The lowest BCUT2D eigenvalue weighted by Crippen LogP contribution is -3.13. The molecule has 0 aliphatic carbocycles. The Balaban J connectivity index is 1.49. The highest BCUT2D eigenvalue weighted by molar-refractivity contribution is 6.35. The SMILES string of the molecule is Oc1c(C[NH+]2CCN(c3ncccn3)CC2)cc(Cl)c2ccccc12. The number of nitrogens with zero attached hydrogens (tertiary/aromatic N) is 3. The van der Waals surface area contributed by atoms with Crippen LogP contribution in [0.25, 0.3) is 10.8 Å². The predicted octanol–water partition coefficient (Wildman–Crippen LogP) is 1.89. The highest BCUT2D eigenvalue weighted by Gasteiger charge is 2.23. The molecule has 1 fully saturated rings. The lowest BCUT2D eigenvalue weighted by molar-refractivity contribution is -0.914. The molecule has 0 bridgehead atoms. The number of aromatic hydroxyl groups is 1. The maximum absolute atomic E-state index is 10.6. The molecule has 0 spiro atoms. The highest BCUT2D eigenvalue weighted by Crippen LogP contribution is 2.33. The second-order valence-electron chi connectivity index (χ2n) is 6.37. The summed E-state index contributed by atoms with van der Waals surface area (Å²) < 4.78 is 0. The maximum Gasteiger partial charge on any atom is 0.225 e. The first kappa shape index (κ1) is 16.1. The van der Waals surface area contributed by atoms with Crippen molar-refractivity contribution in [1.29, 1.82) is 0 Å². The summed E-state index contributed by atoms with van der Waals surface area (Å²) in [6.07, 6.45) is 3.55. The molecule has 0 unspecified atom stereocenters. The fourth-order valence-electron chi connectivity index (χ4n) is 3.43. The molecule has 2 aromatic carbocycles. The Bertz CT molecular complexity index is 879. The number of benzene rings is 2. The van der Waals surface area contributed by atoms with E-state index >= 15 is 0 Å². The summed E-state index contributed by atoms with van der Waals surface area (Å²) in [6.45, 7) is 4.52. The van der Waals surface area contributed by atoms with E-state index in [0.29, 0.717) is 10.8 Å². The molecule has 0 saturated carbocycles. The molecule has 0 radical (unpaired) electrons. The Hall–Kier alpha value is -2.37. The Labute approximate surface area is 151 Å². The molecular formula is C19H20ClN4O+. The van der Waals surface area contributed by atoms with E-state index in [1.54, 1.807) is 12.4 Å². The summed E-state index contributed by atoms with van der Waals surface area (Å²) >= 11 is 6.41. The number of fused-ring (bicyclic) bond motifs is 1. The number of hydrogen-bond acceptors (Lipinski definition) is 4. The monoisotopic (exact) mass is 355 g/mol. The number of phenolic OH excluding ortho intramolecular Hbond substituents is 1. The number of rotatable bonds is 3. The van der Waals surface area contributed by atoms with Crippen LogP contribution >= 0.6 is 11.6 Å². The van der Waals surface area contributed by atoms with Gasteiger partial charge in [-0.15, -0.1) is 0 Å². The molecule has 6 heteroatoms. The summed E-state index contributed by atoms with van der Waals surface area (Å²) in [6, 6.07) is 11.4. The van der Waals surface area contributed by atoms with E-state index in [4.69, 9.17) is 11.6 Å². The van der Waals surface area contributed by atoms with Gasteiger partial charge in [-0.3, -0.25) is 0 Å². The van der Waals surface area contributed by atoms with E-state index in [-0.39, 0.29) is 0 Å². The molecular weight excluding hydrogens is 336 g/mol. The Kier molecular flexibility index (Phi) is 4.42. The summed E-state index contributed by atoms with van der Waals surface area (Å²) in [5.41, 5.74) is 0.906. The minimum atomic E-state index is 0.348. The topological polar surface area (TPSA) is 53.7 Å². The molecule has 1 aliphatic heterocycles. The number of aromatic nitrogens is 2. The molecule has 0 atom stereocenters. The van der Waals surface area contributed by atoms with E-state index < -0.39 is 0 Å². The summed E-state index contributed by atoms with van der Waals surface area (Å²) in [7, 11) is 0. The first-order chi connectivity index (χ1) is 12.2. The van der Waals surface area contributed by atoms with E-state index in [1.165, 1.54) is 4.90 Å². The van der Waals surface area contributed by atoms with Gasteiger partial charge in [0.2, 0.25) is 5.95 Å². The zero-order valence-electron chi connectivity index (χ0n) is 13.8. The van der Waals surface area contributed by atoms with Gasteiger partial charge in [0, 0.05) is 28.2 Å². The smallest absolute Gasteiger partial charge is 0.225 e. The van der Waals surface area contributed by atoms with Crippen molar-refractivity contribution >= 4 is 28.3 Å². The van der Waals surface area contributed by atoms with Gasteiger partial charge >= 0.3 is 0 Å². The Morgan fingerprint density at radius 1 is 1.04 bits per heavy atom. The van der Waals surface area contributed by atoms with Gasteiger partial charge in [0.05, 0.1) is 31.7 Å². The summed E-state index contributed by atoms with van der Waals surface area (Å²) in [5, 5.41) is 13.0. The van der Waals surface area contributed by atoms with Crippen molar-refractivity contribution in [3.63, 3.8) is 0 Å². The van der Waals surface area contributed by atoms with E-state index in [2.05, 4.69) is 14.9 Å². The van der Waals surface area contributed by atoms with Crippen LogP contribution in [0.1, 0.15) is 5.56 Å². The molecule has 1 saturated heterocycles. The van der Waals surface area contributed by atoms with Gasteiger partial charge in [-0.25, -0.2) is 9.97 Å². The molecule has 2 heterocycles. The van der Waals surface area contributed by atoms with Crippen LogP contribution in [0.2, 0.25) is 5.02 Å². The van der Waals surface area contributed by atoms with Crippen LogP contribution in [0.4, 0.5) is 5.95 Å². The summed E-state index contributed by atoms with van der Waals surface area (Å²) in [4.78, 5) is 12.3. The zero-order valence-corrected chi connectivity index (χ0v) is 14.6. The molecule has 25 heavy (non-hydrogen) atoms. The zero-order chi connectivity index (χ0) is 17.2. The standard InChI is InChI=1S/C19H19ClN4O/c20-17-12-14(18(25)16-5-2-1-4-15(16)17)13-23-8-10-24(11-9-23)19-21-6-3-7-22-19/h1-7,12,25H,8-11,13H2/p+1. The van der Waals surface area contributed by atoms with Gasteiger partial charge in [0.25, 0.3) is 0 Å². The van der Waals surface area contributed by atoms with Crippen molar-refractivity contribution in [1.82, 2.24) is 9.97 Å². The van der Waals surface area contributed by atoms with Crippen LogP contribution in [0.15, 0.2) is 48.8 Å².